The zero-order valence-electron chi connectivity index (χ0n) is 44.2. The van der Waals surface area contributed by atoms with E-state index in [9.17, 15) is 91.3 Å². The molecule has 0 saturated carbocycles. The normalized spacial score (nSPS) is 46.8. The van der Waals surface area contributed by atoms with Gasteiger partial charge in [0, 0.05) is 13.8 Å². The van der Waals surface area contributed by atoms with Crippen LogP contribution in [0.25, 0.3) is 0 Å². The van der Waals surface area contributed by atoms with Gasteiger partial charge in [-0.2, -0.15) is 0 Å². The fourth-order valence-electron chi connectivity index (χ4n) is 10.2. The van der Waals surface area contributed by atoms with Gasteiger partial charge in [-0.1, -0.05) is 12.0 Å². The van der Waals surface area contributed by atoms with Gasteiger partial charge < -0.3 is 149 Å². The lowest BCUT2D eigenvalue weighted by Crippen LogP contribution is -2.71. The van der Waals surface area contributed by atoms with Crippen molar-refractivity contribution < 1.29 is 148 Å². The van der Waals surface area contributed by atoms with E-state index in [-0.39, 0.29) is 0 Å². The van der Waals surface area contributed by atoms with Gasteiger partial charge in [-0.05, 0) is 26.8 Å². The first-order valence-electron chi connectivity index (χ1n) is 25.9. The van der Waals surface area contributed by atoms with Crippen LogP contribution in [0.15, 0.2) is 12.2 Å². The molecule has 18 N–H and O–H groups in total. The molecular weight excluding hydrogens is 1080 g/mol. The molecule has 32 heteroatoms. The Morgan fingerprint density at radius 1 is 0.463 bits per heavy atom. The Hall–Kier alpha value is -2.88. The first-order chi connectivity index (χ1) is 38.0. The maximum Gasteiger partial charge on any atom is 0.217 e. The van der Waals surface area contributed by atoms with Crippen LogP contribution in [0.2, 0.25) is 0 Å². The van der Waals surface area contributed by atoms with Crippen LogP contribution in [0.3, 0.4) is 0 Å². The minimum absolute atomic E-state index is 0.413. The van der Waals surface area contributed by atoms with Crippen molar-refractivity contribution in [3.05, 3.63) is 12.2 Å². The average Bonchev–Trinajstić information content (AvgIpc) is 3.50. The van der Waals surface area contributed by atoms with Gasteiger partial charge in [0.15, 0.2) is 31.5 Å². The highest BCUT2D eigenvalue weighted by molar-refractivity contribution is 5.73. The Morgan fingerprint density at radius 3 is 1.38 bits per heavy atom. The molecule has 460 valence electrons. The highest BCUT2D eigenvalue weighted by atomic mass is 16.8. The van der Waals surface area contributed by atoms with E-state index in [2.05, 4.69) is 22.5 Å². The summed E-state index contributed by atoms with van der Waals surface area (Å²) in [5, 5.41) is 180. The third-order valence-electron chi connectivity index (χ3n) is 14.4. The van der Waals surface area contributed by atoms with E-state index in [0.29, 0.717) is 0 Å². The minimum Gasteiger partial charge on any atom is -0.394 e. The minimum atomic E-state index is -2.28. The monoisotopic (exact) mass is 1160 g/mol. The van der Waals surface area contributed by atoms with Crippen LogP contribution in [-0.2, 0) is 66.4 Å². The first kappa shape index (κ1) is 66.3. The van der Waals surface area contributed by atoms with Crippen LogP contribution < -0.4 is 10.6 Å². The number of aliphatic hydroxyl groups is 16. The van der Waals surface area contributed by atoms with Crippen molar-refractivity contribution in [3.8, 4) is 11.8 Å². The van der Waals surface area contributed by atoms with Gasteiger partial charge in [-0.25, -0.2) is 0 Å². The second-order valence-electron chi connectivity index (χ2n) is 20.0. The smallest absolute Gasteiger partial charge is 0.217 e. The molecule has 0 aromatic heterocycles. The van der Waals surface area contributed by atoms with Gasteiger partial charge >= 0.3 is 0 Å². The number of hydrogen-bond donors (Lipinski definition) is 18. The molecular formula is C48H78N2O30. The number of aliphatic hydroxyl groups excluding tert-OH is 16. The van der Waals surface area contributed by atoms with E-state index in [0.717, 1.165) is 13.8 Å². The van der Waals surface area contributed by atoms with Crippen molar-refractivity contribution in [2.24, 2.45) is 0 Å². The summed E-state index contributed by atoms with van der Waals surface area (Å²) >= 11 is 0. The molecule has 6 rings (SSSR count). The molecule has 0 bridgehead atoms. The molecule has 0 spiro atoms. The van der Waals surface area contributed by atoms with Crippen molar-refractivity contribution >= 4 is 11.8 Å². The SMILES string of the molecule is CC#CC(C=CC)OCC1OC(OC2C(O)C(CO)OC(OC3C(CO)OC(OC4C(CO)OC(OC5C(O)C(C)OC(CO)C5O)C(NC(C)=O)C4OC4OC(CO)C(O)C(O)C4O)C(O)C3O)C2NC(C)=O)C(O)C(O)C1O. The predicted octanol–water partition coefficient (Wildman–Crippen LogP) is -10.8. The molecule has 0 aromatic carbocycles. The van der Waals surface area contributed by atoms with Crippen molar-refractivity contribution in [1.29, 1.82) is 0 Å². The van der Waals surface area contributed by atoms with E-state index in [1.165, 1.54) is 6.92 Å². The van der Waals surface area contributed by atoms with Gasteiger partial charge in [-0.15, -0.1) is 5.92 Å². The summed E-state index contributed by atoms with van der Waals surface area (Å²) < 4.78 is 71.1. The number of amides is 2. The highest BCUT2D eigenvalue weighted by Crippen LogP contribution is 2.38. The number of rotatable bonds is 21. The fraction of sp³-hybridized carbons (Fsp3) is 0.875. The zero-order valence-corrected chi connectivity index (χ0v) is 44.2. The number of hydrogen-bond acceptors (Lipinski definition) is 30. The molecule has 0 radical (unpaired) electrons. The fourth-order valence-corrected chi connectivity index (χ4v) is 10.2. The lowest BCUT2D eigenvalue weighted by Gasteiger charge is -2.52. The molecule has 6 heterocycles. The molecule has 32 nitrogen and oxygen atoms in total. The molecule has 6 fully saturated rings. The van der Waals surface area contributed by atoms with E-state index in [1.807, 2.05) is 0 Å². The Bertz CT molecular complexity index is 2040. The summed E-state index contributed by atoms with van der Waals surface area (Å²) in [6.07, 6.45) is -48.7. The quantitative estimate of drug-likeness (QED) is 0.0375. The van der Waals surface area contributed by atoms with E-state index in [4.69, 9.17) is 56.8 Å². The van der Waals surface area contributed by atoms with Gasteiger partial charge in [0.25, 0.3) is 0 Å². The third-order valence-corrected chi connectivity index (χ3v) is 14.4. The van der Waals surface area contributed by atoms with Crippen LogP contribution in [0.4, 0.5) is 0 Å². The highest BCUT2D eigenvalue weighted by Gasteiger charge is 2.59. The number of carbonyl (C=O) groups excluding carboxylic acids is 2. The summed E-state index contributed by atoms with van der Waals surface area (Å²) in [7, 11) is 0. The van der Waals surface area contributed by atoms with Crippen LogP contribution in [-0.4, -0.2) is 323 Å². The zero-order chi connectivity index (χ0) is 59.0. The Balaban J connectivity index is 1.29. The average molecular weight is 1160 g/mol. The van der Waals surface area contributed by atoms with Gasteiger partial charge in [-0.3, -0.25) is 9.59 Å². The Kier molecular flexibility index (Phi) is 24.7. The standard InChI is InChI=1S/C48H78N2O30/c1-6-8-19(9-7-2)69-15-25-30(60)34(64)37(67)47(75-25)78-41-26(49-17(4)56)44(71-22(12-53)31(41)61)76-39-23(13-54)74-48(38(68)35(39)65)77-40-24(14-55)73-45(80-43-28(58)16(3)70-21(11-52)32(43)62)27(50-18(5)57)42(40)79-46-36(66)33(63)29(59)20(10-51)72-46/h6,8,16,19-48,51-55,58-68H,10-15H2,1-5H3,(H,49,56)(H,50,57). The number of ether oxygens (including phenoxy) is 12. The summed E-state index contributed by atoms with van der Waals surface area (Å²) in [4.78, 5) is 25.8. The Labute approximate surface area is 458 Å². The largest absolute Gasteiger partial charge is 0.394 e. The molecule has 80 heavy (non-hydrogen) atoms. The second kappa shape index (κ2) is 29.8. The van der Waals surface area contributed by atoms with E-state index in [1.54, 1.807) is 26.0 Å². The van der Waals surface area contributed by atoms with Gasteiger partial charge in [0.05, 0.1) is 45.7 Å². The van der Waals surface area contributed by atoms with Gasteiger partial charge in [0.2, 0.25) is 11.8 Å². The molecule has 31 unspecified atom stereocenters. The predicted molar refractivity (Wildman–Crippen MR) is 257 cm³/mol. The summed E-state index contributed by atoms with van der Waals surface area (Å²) in [6, 6.07) is -3.46. The van der Waals surface area contributed by atoms with Crippen LogP contribution in [0, 0.1) is 11.8 Å². The molecule has 0 aromatic rings. The summed E-state index contributed by atoms with van der Waals surface area (Å²) in [6.45, 7) is 1.54. The Morgan fingerprint density at radius 2 is 0.850 bits per heavy atom. The molecule has 0 aliphatic carbocycles. The lowest BCUT2D eigenvalue weighted by molar-refractivity contribution is -0.391. The summed E-state index contributed by atoms with van der Waals surface area (Å²) in [5.41, 5.74) is 0. The molecule has 31 atom stereocenters. The van der Waals surface area contributed by atoms with Crippen molar-refractivity contribution in [3.63, 3.8) is 0 Å². The van der Waals surface area contributed by atoms with E-state index < -0.39 is 241 Å². The maximum atomic E-state index is 13.0. The van der Waals surface area contributed by atoms with Crippen LogP contribution >= 0.6 is 0 Å². The molecule has 6 saturated heterocycles. The molecule has 6 aliphatic heterocycles. The first-order valence-corrected chi connectivity index (χ1v) is 25.9. The molecule has 6 aliphatic rings. The van der Waals surface area contributed by atoms with E-state index >= 15 is 0 Å². The van der Waals surface area contributed by atoms with Crippen molar-refractivity contribution in [2.45, 2.75) is 225 Å². The second-order valence-corrected chi connectivity index (χ2v) is 20.0. The lowest BCUT2D eigenvalue weighted by atomic mass is 9.93. The van der Waals surface area contributed by atoms with Crippen molar-refractivity contribution in [2.75, 3.05) is 39.6 Å². The van der Waals surface area contributed by atoms with Crippen LogP contribution in [0.1, 0.15) is 34.6 Å². The maximum absolute atomic E-state index is 13.0. The third kappa shape index (κ3) is 15.0. The van der Waals surface area contributed by atoms with Gasteiger partial charge in [0.1, 0.15) is 152 Å². The number of carbonyl (C=O) groups is 2. The van der Waals surface area contributed by atoms with Crippen LogP contribution in [0.5, 0.6) is 0 Å². The van der Waals surface area contributed by atoms with Crippen molar-refractivity contribution in [1.82, 2.24) is 10.6 Å². The number of nitrogens with one attached hydrogen (secondary N) is 2. The molecule has 2 amide bonds. The topological polar surface area (TPSA) is 493 Å². The summed E-state index contributed by atoms with van der Waals surface area (Å²) in [5.74, 6) is 3.81. The number of allylic oxidation sites excluding steroid dienone is 1.